The van der Waals surface area contributed by atoms with Gasteiger partial charge in [0.1, 0.15) is 0 Å². The van der Waals surface area contributed by atoms with Crippen LogP contribution in [0.4, 0.5) is 0 Å². The number of nitrogens with two attached hydrogens (primary N) is 2. The van der Waals surface area contributed by atoms with Gasteiger partial charge in [0.05, 0.1) is 5.22 Å². The number of nitrogens with one attached hydrogen (secondary N) is 2. The third-order valence-corrected chi connectivity index (χ3v) is 1.25. The highest BCUT2D eigenvalue weighted by molar-refractivity contribution is 4.53. The summed E-state index contributed by atoms with van der Waals surface area (Å²) in [5.74, 6) is 4.87. The quantitative estimate of drug-likeness (QED) is 0.163. The van der Waals surface area contributed by atoms with Crippen molar-refractivity contribution in [3.05, 3.63) is 0 Å². The smallest absolute Gasteiger partial charge is 0.165 e. The number of hydrogen-bond acceptors (Lipinski definition) is 3. The Hall–Kier alpha value is -0.680. The summed E-state index contributed by atoms with van der Waals surface area (Å²) in [6, 6.07) is 0.497. The van der Waals surface area contributed by atoms with E-state index >= 15 is 0 Å². The molecule has 6 N–H and O–H groups in total. The summed E-state index contributed by atoms with van der Waals surface area (Å²) in [5, 5.41) is 9.02. The second kappa shape index (κ2) is 6.06. The number of rotatable bonds is 5. The summed E-state index contributed by atoms with van der Waals surface area (Å²) in [7, 11) is 0. The molecule has 0 saturated carbocycles. The second-order valence-corrected chi connectivity index (χ2v) is 2.76. The van der Waals surface area contributed by atoms with Gasteiger partial charge in [0.25, 0.3) is 0 Å². The lowest BCUT2D eigenvalue weighted by molar-refractivity contribution is -0.574. The van der Waals surface area contributed by atoms with Crippen LogP contribution in [0.2, 0.25) is 0 Å². The third-order valence-electron chi connectivity index (χ3n) is 1.25. The highest BCUT2D eigenvalue weighted by Gasteiger charge is 2.00. The summed E-state index contributed by atoms with van der Waals surface area (Å²) in [6.45, 7) is 5.06. The summed E-state index contributed by atoms with van der Waals surface area (Å²) >= 11 is 0. The minimum absolute atomic E-state index is 0.147. The van der Waals surface area contributed by atoms with Crippen LogP contribution in [0.25, 0.3) is 0 Å². The highest BCUT2D eigenvalue weighted by Crippen LogP contribution is 1.79. The maximum Gasteiger partial charge on any atom is 0.165 e. The molecular weight excluding hydrogens is 142 g/mol. The SMILES string of the molecule is CC(C)NCCC(N)[NH+]=NN. The van der Waals surface area contributed by atoms with Crippen LogP contribution in [0.1, 0.15) is 20.3 Å². The fraction of sp³-hybridized carbons (Fsp3) is 1.00. The topological polar surface area (TPSA) is 90.4 Å². The Balaban J connectivity index is 3.24. The molecule has 0 heterocycles. The molecule has 0 aliphatic carbocycles. The molecule has 0 bridgehead atoms. The molecule has 0 fully saturated rings. The predicted octanol–water partition coefficient (Wildman–Crippen LogP) is -1.93. The van der Waals surface area contributed by atoms with Crippen molar-refractivity contribution in [2.75, 3.05) is 6.54 Å². The van der Waals surface area contributed by atoms with Crippen molar-refractivity contribution in [2.45, 2.75) is 32.5 Å². The van der Waals surface area contributed by atoms with Gasteiger partial charge >= 0.3 is 0 Å². The summed E-state index contributed by atoms with van der Waals surface area (Å²) < 4.78 is 0. The summed E-state index contributed by atoms with van der Waals surface area (Å²) in [4.78, 5) is 0. The van der Waals surface area contributed by atoms with Gasteiger partial charge in [-0.1, -0.05) is 13.8 Å². The van der Waals surface area contributed by atoms with Crippen molar-refractivity contribution in [2.24, 2.45) is 16.8 Å². The standard InChI is InChI=1S/C6H17N5/c1-5(2)9-4-3-6(7)10-11-8/h5-6,9H,3-4,7H2,1-2H3,(H2,8,10)/p+1. The molecule has 0 amide bonds. The van der Waals surface area contributed by atoms with E-state index in [0.717, 1.165) is 13.0 Å². The summed E-state index contributed by atoms with van der Waals surface area (Å²) in [5.41, 5.74) is 5.55. The maximum absolute atomic E-state index is 5.55. The lowest BCUT2D eigenvalue weighted by atomic mass is 10.3. The van der Waals surface area contributed by atoms with E-state index < -0.39 is 0 Å². The average Bonchev–Trinajstić information content (AvgIpc) is 1.87. The van der Waals surface area contributed by atoms with E-state index in [1.165, 1.54) is 0 Å². The molecule has 5 nitrogen and oxygen atoms in total. The van der Waals surface area contributed by atoms with Crippen molar-refractivity contribution >= 4 is 0 Å². The van der Waals surface area contributed by atoms with Gasteiger partial charge in [-0.3, -0.25) is 5.73 Å². The highest BCUT2D eigenvalue weighted by atomic mass is 15.3. The normalized spacial score (nSPS) is 14.5. The van der Waals surface area contributed by atoms with E-state index in [1.54, 1.807) is 0 Å². The lowest BCUT2D eigenvalue weighted by Crippen LogP contribution is -2.78. The maximum atomic E-state index is 5.55. The van der Waals surface area contributed by atoms with Gasteiger partial charge in [-0.05, 0) is 0 Å². The van der Waals surface area contributed by atoms with E-state index in [2.05, 4.69) is 29.5 Å². The van der Waals surface area contributed by atoms with Gasteiger partial charge in [-0.25, -0.2) is 0 Å². The molecule has 0 aromatic heterocycles. The third kappa shape index (κ3) is 7.21. The molecule has 0 aromatic rings. The number of nitrogens with zero attached hydrogens (tertiary/aromatic N) is 1. The lowest BCUT2D eigenvalue weighted by Gasteiger charge is -2.07. The molecule has 11 heavy (non-hydrogen) atoms. The Labute approximate surface area is 67.2 Å². The fourth-order valence-corrected chi connectivity index (χ4v) is 0.688. The Morgan fingerprint density at radius 1 is 1.55 bits per heavy atom. The monoisotopic (exact) mass is 160 g/mol. The first-order valence-corrected chi connectivity index (χ1v) is 3.81. The summed E-state index contributed by atoms with van der Waals surface area (Å²) in [6.07, 6.45) is 0.671. The largest absolute Gasteiger partial charge is 0.314 e. The Morgan fingerprint density at radius 3 is 2.64 bits per heavy atom. The fourth-order valence-electron chi connectivity index (χ4n) is 0.688. The number of hydrogen-bond donors (Lipinski definition) is 4. The van der Waals surface area contributed by atoms with Crippen molar-refractivity contribution in [3.63, 3.8) is 0 Å². The predicted molar refractivity (Wildman–Crippen MR) is 43.3 cm³/mol. The van der Waals surface area contributed by atoms with Crippen molar-refractivity contribution in [1.82, 2.24) is 5.32 Å². The van der Waals surface area contributed by atoms with E-state index in [0.29, 0.717) is 6.04 Å². The molecule has 0 aromatic carbocycles. The molecule has 0 rings (SSSR count). The van der Waals surface area contributed by atoms with Crippen LogP contribution in [-0.2, 0) is 0 Å². The second-order valence-electron chi connectivity index (χ2n) is 2.76. The van der Waals surface area contributed by atoms with Crippen LogP contribution in [0.5, 0.6) is 0 Å². The van der Waals surface area contributed by atoms with Crippen LogP contribution in [0.3, 0.4) is 0 Å². The Kier molecular flexibility index (Phi) is 5.68. The van der Waals surface area contributed by atoms with Crippen LogP contribution in [0.15, 0.2) is 5.22 Å². The van der Waals surface area contributed by atoms with Crippen molar-refractivity contribution in [1.29, 1.82) is 0 Å². The molecular formula is C6H18N5+. The van der Waals surface area contributed by atoms with E-state index in [-0.39, 0.29) is 6.17 Å². The molecule has 0 radical (unpaired) electrons. The zero-order valence-electron chi connectivity index (χ0n) is 7.17. The van der Waals surface area contributed by atoms with E-state index in [1.807, 2.05) is 0 Å². The van der Waals surface area contributed by atoms with Crippen LogP contribution in [0, 0.1) is 0 Å². The molecule has 0 aliphatic rings. The van der Waals surface area contributed by atoms with Crippen molar-refractivity contribution < 1.29 is 5.11 Å². The Bertz CT molecular complexity index is 112. The van der Waals surface area contributed by atoms with E-state index in [4.69, 9.17) is 11.6 Å². The molecule has 0 spiro atoms. The minimum atomic E-state index is -0.147. The molecule has 66 valence electrons. The van der Waals surface area contributed by atoms with Gasteiger partial charge < -0.3 is 5.32 Å². The zero-order chi connectivity index (χ0) is 8.69. The van der Waals surface area contributed by atoms with Crippen molar-refractivity contribution in [3.8, 4) is 0 Å². The van der Waals surface area contributed by atoms with Gasteiger partial charge in [0.15, 0.2) is 6.17 Å². The van der Waals surface area contributed by atoms with Crippen LogP contribution < -0.4 is 22.0 Å². The minimum Gasteiger partial charge on any atom is -0.314 e. The van der Waals surface area contributed by atoms with Crippen LogP contribution >= 0.6 is 0 Å². The first-order valence-electron chi connectivity index (χ1n) is 3.81. The first-order chi connectivity index (χ1) is 5.16. The molecule has 0 saturated heterocycles. The zero-order valence-corrected chi connectivity index (χ0v) is 7.17. The van der Waals surface area contributed by atoms with E-state index in [9.17, 15) is 0 Å². The average molecular weight is 160 g/mol. The van der Waals surface area contributed by atoms with Crippen LogP contribution in [-0.4, -0.2) is 18.8 Å². The van der Waals surface area contributed by atoms with Gasteiger partial charge in [-0.2, -0.15) is 11.0 Å². The van der Waals surface area contributed by atoms with Gasteiger partial charge in [0.2, 0.25) is 0 Å². The molecule has 1 atom stereocenters. The molecule has 1 unspecified atom stereocenters. The first kappa shape index (κ1) is 10.3. The Morgan fingerprint density at radius 2 is 2.18 bits per heavy atom. The molecule has 0 aliphatic heterocycles. The molecule has 5 heteroatoms. The van der Waals surface area contributed by atoms with Gasteiger partial charge in [0, 0.05) is 19.0 Å². The van der Waals surface area contributed by atoms with Gasteiger partial charge in [-0.15, -0.1) is 0 Å².